The number of carbonyl (C=O) groups excluding carboxylic acids is 4. The Balaban J connectivity index is 0.000000360. The Bertz CT molecular complexity index is 1130. The Hall–Kier alpha value is -3.72. The quantitative estimate of drug-likeness (QED) is 0.356. The maximum absolute atomic E-state index is 11.8. The lowest BCUT2D eigenvalue weighted by Gasteiger charge is -2.21. The fourth-order valence-electron chi connectivity index (χ4n) is 3.46. The molecule has 2 atom stereocenters. The largest absolute Gasteiger partial charge is 0.461 e. The standard InChI is InChI=1S/C22H26O5.C9H14O4/c1-22(2,3)27-21(25)19(23)13-14-20(24)26-15-16-9-11-18(12-10-16)17-7-5-4-6-8-17;1-9(2,3)13-8(11)6-4-5-7(10)12-6/h4-12,19,23H,13-15H2,1-3H3;6H,4-5H2,1-3H3/t19-;6-/m00/s1. The average Bonchev–Trinajstić information content (AvgIpc) is 3.32. The molecule has 9 heteroatoms. The summed E-state index contributed by atoms with van der Waals surface area (Å²) in [6.07, 6.45) is -1.35. The van der Waals surface area contributed by atoms with E-state index in [0.29, 0.717) is 12.8 Å². The van der Waals surface area contributed by atoms with Crippen LogP contribution in [0.5, 0.6) is 0 Å². The Labute approximate surface area is 235 Å². The maximum atomic E-state index is 11.8. The van der Waals surface area contributed by atoms with E-state index in [2.05, 4.69) is 0 Å². The van der Waals surface area contributed by atoms with Crippen molar-refractivity contribution in [2.24, 2.45) is 0 Å². The molecule has 1 aliphatic rings. The number of hydrogen-bond donors (Lipinski definition) is 1. The van der Waals surface area contributed by atoms with Gasteiger partial charge in [0.25, 0.3) is 0 Å². The summed E-state index contributed by atoms with van der Waals surface area (Å²) in [7, 11) is 0. The van der Waals surface area contributed by atoms with E-state index in [0.717, 1.165) is 16.7 Å². The van der Waals surface area contributed by atoms with Crippen LogP contribution in [0.25, 0.3) is 11.1 Å². The molecule has 1 N–H and O–H groups in total. The highest BCUT2D eigenvalue weighted by atomic mass is 16.6. The van der Waals surface area contributed by atoms with E-state index in [4.69, 9.17) is 18.9 Å². The second-order valence-electron chi connectivity index (χ2n) is 11.4. The van der Waals surface area contributed by atoms with Gasteiger partial charge in [-0.1, -0.05) is 54.6 Å². The van der Waals surface area contributed by atoms with Crippen molar-refractivity contribution in [2.75, 3.05) is 0 Å². The van der Waals surface area contributed by atoms with Gasteiger partial charge in [0.2, 0.25) is 0 Å². The van der Waals surface area contributed by atoms with Crippen LogP contribution in [0, 0.1) is 0 Å². The molecule has 1 aliphatic heterocycles. The van der Waals surface area contributed by atoms with Gasteiger partial charge in [-0.2, -0.15) is 0 Å². The lowest BCUT2D eigenvalue weighted by atomic mass is 10.0. The summed E-state index contributed by atoms with van der Waals surface area (Å²) in [6.45, 7) is 10.6. The molecule has 1 fully saturated rings. The van der Waals surface area contributed by atoms with Crippen molar-refractivity contribution < 1.29 is 43.2 Å². The molecule has 0 bridgehead atoms. The zero-order chi connectivity index (χ0) is 29.9. The molecule has 2 aromatic rings. The molecule has 0 spiro atoms. The summed E-state index contributed by atoms with van der Waals surface area (Å²) in [4.78, 5) is 45.5. The second-order valence-corrected chi connectivity index (χ2v) is 11.4. The highest BCUT2D eigenvalue weighted by molar-refractivity contribution is 5.83. The summed E-state index contributed by atoms with van der Waals surface area (Å²) < 4.78 is 20.1. The van der Waals surface area contributed by atoms with E-state index in [1.807, 2.05) is 54.6 Å². The summed E-state index contributed by atoms with van der Waals surface area (Å²) >= 11 is 0. The Kier molecular flexibility index (Phi) is 11.9. The van der Waals surface area contributed by atoms with Crippen molar-refractivity contribution in [3.63, 3.8) is 0 Å². The van der Waals surface area contributed by atoms with Crippen LogP contribution in [0.2, 0.25) is 0 Å². The topological polar surface area (TPSA) is 125 Å². The van der Waals surface area contributed by atoms with Crippen LogP contribution in [0.4, 0.5) is 0 Å². The minimum Gasteiger partial charge on any atom is -0.461 e. The highest BCUT2D eigenvalue weighted by Crippen LogP contribution is 2.20. The van der Waals surface area contributed by atoms with Gasteiger partial charge in [0.15, 0.2) is 12.2 Å². The number of cyclic esters (lactones) is 1. The number of aliphatic hydroxyl groups excluding tert-OH is 1. The number of esters is 4. The Morgan fingerprint density at radius 3 is 2.00 bits per heavy atom. The molecule has 0 saturated carbocycles. The molecule has 0 aliphatic carbocycles. The van der Waals surface area contributed by atoms with Crippen LogP contribution in [0.3, 0.4) is 0 Å². The number of ether oxygens (including phenoxy) is 4. The molecule has 9 nitrogen and oxygen atoms in total. The molecule has 40 heavy (non-hydrogen) atoms. The van der Waals surface area contributed by atoms with E-state index in [1.54, 1.807) is 41.5 Å². The molecule has 0 unspecified atom stereocenters. The van der Waals surface area contributed by atoms with E-state index in [1.165, 1.54) is 0 Å². The van der Waals surface area contributed by atoms with Gasteiger partial charge >= 0.3 is 23.9 Å². The summed E-state index contributed by atoms with van der Waals surface area (Å²) in [6, 6.07) is 17.8. The predicted molar refractivity (Wildman–Crippen MR) is 148 cm³/mol. The first-order chi connectivity index (χ1) is 18.6. The Morgan fingerprint density at radius 2 is 1.48 bits per heavy atom. The van der Waals surface area contributed by atoms with Crippen molar-refractivity contribution in [3.8, 4) is 11.1 Å². The first kappa shape index (κ1) is 32.5. The van der Waals surface area contributed by atoms with Gasteiger partial charge in [-0.15, -0.1) is 0 Å². The summed E-state index contributed by atoms with van der Waals surface area (Å²) in [5, 5.41) is 9.77. The number of carbonyl (C=O) groups is 4. The number of rotatable bonds is 8. The van der Waals surface area contributed by atoms with E-state index >= 15 is 0 Å². The van der Waals surface area contributed by atoms with Gasteiger partial charge in [-0.05, 0) is 64.7 Å². The van der Waals surface area contributed by atoms with Gasteiger partial charge in [-0.25, -0.2) is 9.59 Å². The van der Waals surface area contributed by atoms with E-state index in [-0.39, 0.29) is 25.4 Å². The molecular weight excluding hydrogens is 516 g/mol. The van der Waals surface area contributed by atoms with Gasteiger partial charge in [0, 0.05) is 19.3 Å². The lowest BCUT2D eigenvalue weighted by Crippen LogP contribution is -2.32. The van der Waals surface area contributed by atoms with Crippen LogP contribution in [0.1, 0.15) is 72.8 Å². The zero-order valence-corrected chi connectivity index (χ0v) is 24.1. The third kappa shape index (κ3) is 12.4. The molecule has 0 aromatic heterocycles. The van der Waals surface area contributed by atoms with Crippen LogP contribution in [-0.2, 0) is 44.7 Å². The number of benzene rings is 2. The van der Waals surface area contributed by atoms with Crippen molar-refractivity contribution >= 4 is 23.9 Å². The summed E-state index contributed by atoms with van der Waals surface area (Å²) in [5.74, 6) is -1.97. The lowest BCUT2D eigenvalue weighted by molar-refractivity contribution is -0.170. The van der Waals surface area contributed by atoms with Crippen molar-refractivity contribution in [3.05, 3.63) is 60.2 Å². The molecule has 0 amide bonds. The third-order valence-electron chi connectivity index (χ3n) is 5.32. The van der Waals surface area contributed by atoms with Crippen molar-refractivity contribution in [2.45, 2.75) is 97.2 Å². The molecule has 1 heterocycles. The van der Waals surface area contributed by atoms with Crippen molar-refractivity contribution in [1.29, 1.82) is 0 Å². The van der Waals surface area contributed by atoms with Crippen LogP contribution in [-0.4, -0.2) is 52.4 Å². The van der Waals surface area contributed by atoms with Crippen LogP contribution >= 0.6 is 0 Å². The molecular formula is C31H40O9. The molecule has 1 saturated heterocycles. The summed E-state index contributed by atoms with van der Waals surface area (Å²) in [5.41, 5.74) is 1.88. The van der Waals surface area contributed by atoms with Gasteiger partial charge in [0.05, 0.1) is 0 Å². The highest BCUT2D eigenvalue weighted by Gasteiger charge is 2.33. The first-order valence-corrected chi connectivity index (χ1v) is 13.3. The molecule has 2 aromatic carbocycles. The molecule has 0 radical (unpaired) electrons. The van der Waals surface area contributed by atoms with E-state index in [9.17, 15) is 24.3 Å². The molecule has 218 valence electrons. The molecule has 3 rings (SSSR count). The normalized spacial score (nSPS) is 15.7. The number of hydrogen-bond acceptors (Lipinski definition) is 9. The first-order valence-electron chi connectivity index (χ1n) is 13.3. The van der Waals surface area contributed by atoms with Gasteiger partial charge in [-0.3, -0.25) is 9.59 Å². The second kappa shape index (κ2) is 14.6. The fraction of sp³-hybridized carbons (Fsp3) is 0.484. The fourth-order valence-corrected chi connectivity index (χ4v) is 3.46. The minimum absolute atomic E-state index is 0.0271. The SMILES string of the molecule is CC(C)(C)OC(=O)[C@@H](O)CCC(=O)OCc1ccc(-c2ccccc2)cc1.CC(C)(C)OC(=O)[C@@H]1CCC(=O)O1. The van der Waals surface area contributed by atoms with Gasteiger partial charge < -0.3 is 24.1 Å². The minimum atomic E-state index is -1.33. The van der Waals surface area contributed by atoms with Crippen LogP contribution < -0.4 is 0 Å². The average molecular weight is 557 g/mol. The smallest absolute Gasteiger partial charge is 0.347 e. The van der Waals surface area contributed by atoms with Gasteiger partial charge in [0.1, 0.15) is 17.8 Å². The zero-order valence-electron chi connectivity index (χ0n) is 24.1. The number of aliphatic hydroxyl groups is 1. The Morgan fingerprint density at radius 1 is 0.900 bits per heavy atom. The monoisotopic (exact) mass is 556 g/mol. The van der Waals surface area contributed by atoms with Crippen molar-refractivity contribution in [1.82, 2.24) is 0 Å². The predicted octanol–water partition coefficient (Wildman–Crippen LogP) is 4.91. The van der Waals surface area contributed by atoms with Crippen LogP contribution in [0.15, 0.2) is 54.6 Å². The maximum Gasteiger partial charge on any atom is 0.347 e. The third-order valence-corrected chi connectivity index (χ3v) is 5.32. The van der Waals surface area contributed by atoms with E-state index < -0.39 is 41.3 Å².